The van der Waals surface area contributed by atoms with E-state index in [9.17, 15) is 10.0 Å². The third kappa shape index (κ3) is 9.96. The summed E-state index contributed by atoms with van der Waals surface area (Å²) < 4.78 is 0. The van der Waals surface area contributed by atoms with Gasteiger partial charge in [-0.15, -0.1) is 0 Å². The van der Waals surface area contributed by atoms with Crippen LogP contribution in [0.2, 0.25) is 0 Å². The molecule has 0 aliphatic carbocycles. The van der Waals surface area contributed by atoms with E-state index in [-0.39, 0.29) is 0 Å². The molecule has 3 rings (SSSR count). The van der Waals surface area contributed by atoms with Crippen molar-refractivity contribution < 1.29 is 10.0 Å². The van der Waals surface area contributed by atoms with Crippen molar-refractivity contribution in [2.24, 2.45) is 0 Å². The van der Waals surface area contributed by atoms with Crippen LogP contribution in [0, 0.1) is 0 Å². The van der Waals surface area contributed by atoms with E-state index in [1.54, 1.807) is 12.1 Å². The summed E-state index contributed by atoms with van der Waals surface area (Å²) in [4.78, 5) is 2.25. The number of hydrogen-bond acceptors (Lipinski definition) is 3. The average Bonchev–Trinajstić information content (AvgIpc) is 2.94. The van der Waals surface area contributed by atoms with Gasteiger partial charge in [-0.25, -0.2) is 0 Å². The van der Waals surface area contributed by atoms with Crippen molar-refractivity contribution in [1.29, 1.82) is 0 Å². The van der Waals surface area contributed by atoms with Gasteiger partial charge in [0.25, 0.3) is 0 Å². The van der Waals surface area contributed by atoms with Gasteiger partial charge in [-0.05, 0) is 78.7 Å². The highest BCUT2D eigenvalue weighted by atomic mass is 16.4. The van der Waals surface area contributed by atoms with Gasteiger partial charge in [0, 0.05) is 17.1 Å². The van der Waals surface area contributed by atoms with Gasteiger partial charge in [-0.1, -0.05) is 114 Å². The second kappa shape index (κ2) is 17.1. The van der Waals surface area contributed by atoms with E-state index < -0.39 is 7.12 Å². The molecule has 2 N–H and O–H groups in total. The SMILES string of the molecule is CCCCCCCCc1ccc(N(c2ccc(CCCCCCCC)cc2)c2ccc(B(O)O)cc2)cc1. The average molecular weight is 514 g/mol. The number of nitrogens with zero attached hydrogens (tertiary/aromatic N) is 1. The summed E-state index contributed by atoms with van der Waals surface area (Å²) in [5, 5.41) is 19.1. The maximum Gasteiger partial charge on any atom is 0.488 e. The van der Waals surface area contributed by atoms with Gasteiger partial charge in [0.05, 0.1) is 0 Å². The minimum atomic E-state index is -1.46. The van der Waals surface area contributed by atoms with Crippen molar-refractivity contribution in [1.82, 2.24) is 0 Å². The molecular formula is C34H48BNO2. The maximum absolute atomic E-state index is 9.55. The molecule has 38 heavy (non-hydrogen) atoms. The van der Waals surface area contributed by atoms with Crippen molar-refractivity contribution in [2.45, 2.75) is 104 Å². The molecule has 0 saturated carbocycles. The summed E-state index contributed by atoms with van der Waals surface area (Å²) in [6, 6.07) is 25.4. The number of unbranched alkanes of at least 4 members (excludes halogenated alkanes) is 10. The van der Waals surface area contributed by atoms with E-state index >= 15 is 0 Å². The Morgan fingerprint density at radius 2 is 0.816 bits per heavy atom. The minimum absolute atomic E-state index is 0.497. The highest BCUT2D eigenvalue weighted by Crippen LogP contribution is 2.34. The van der Waals surface area contributed by atoms with Crippen LogP contribution in [0.1, 0.15) is 102 Å². The summed E-state index contributed by atoms with van der Waals surface area (Å²) in [5.41, 5.74) is 6.49. The van der Waals surface area contributed by atoms with Gasteiger partial charge in [0.2, 0.25) is 0 Å². The van der Waals surface area contributed by atoms with Crippen molar-refractivity contribution in [3.05, 3.63) is 83.9 Å². The Morgan fingerprint density at radius 1 is 0.474 bits per heavy atom. The predicted octanol–water partition coefficient (Wildman–Crippen LogP) is 8.64. The fourth-order valence-electron chi connectivity index (χ4n) is 5.09. The van der Waals surface area contributed by atoms with E-state index in [0.717, 1.165) is 29.9 Å². The third-order valence-electron chi connectivity index (χ3n) is 7.48. The summed E-state index contributed by atoms with van der Waals surface area (Å²) in [6.07, 6.45) is 18.0. The molecule has 204 valence electrons. The Bertz CT molecular complexity index is 956. The smallest absolute Gasteiger partial charge is 0.423 e. The molecule has 0 aliphatic heterocycles. The molecule has 0 spiro atoms. The normalized spacial score (nSPS) is 11.1. The first-order chi connectivity index (χ1) is 18.6. The van der Waals surface area contributed by atoms with Crippen LogP contribution < -0.4 is 10.4 Å². The molecule has 3 aromatic rings. The van der Waals surface area contributed by atoms with Crippen molar-refractivity contribution in [2.75, 3.05) is 4.90 Å². The van der Waals surface area contributed by atoms with Crippen molar-refractivity contribution in [3.63, 3.8) is 0 Å². The van der Waals surface area contributed by atoms with Gasteiger partial charge in [0.1, 0.15) is 0 Å². The van der Waals surface area contributed by atoms with E-state index in [0.29, 0.717) is 5.46 Å². The second-order valence-electron chi connectivity index (χ2n) is 10.7. The second-order valence-corrected chi connectivity index (χ2v) is 10.7. The lowest BCUT2D eigenvalue weighted by Gasteiger charge is -2.26. The number of rotatable bonds is 18. The zero-order valence-corrected chi connectivity index (χ0v) is 23.7. The largest absolute Gasteiger partial charge is 0.488 e. The van der Waals surface area contributed by atoms with Crippen LogP contribution in [0.15, 0.2) is 72.8 Å². The monoisotopic (exact) mass is 513 g/mol. The van der Waals surface area contributed by atoms with Crippen LogP contribution in [0.3, 0.4) is 0 Å². The fraction of sp³-hybridized carbons (Fsp3) is 0.471. The van der Waals surface area contributed by atoms with Gasteiger partial charge < -0.3 is 14.9 Å². The van der Waals surface area contributed by atoms with Gasteiger partial charge >= 0.3 is 7.12 Å². The van der Waals surface area contributed by atoms with Crippen LogP contribution in [-0.2, 0) is 12.8 Å². The molecule has 0 atom stereocenters. The Kier molecular flexibility index (Phi) is 13.5. The first kappa shape index (κ1) is 30.0. The summed E-state index contributed by atoms with van der Waals surface area (Å²) >= 11 is 0. The molecule has 4 heteroatoms. The molecule has 0 aliphatic rings. The lowest BCUT2D eigenvalue weighted by Crippen LogP contribution is -2.29. The molecule has 3 nitrogen and oxygen atoms in total. The van der Waals surface area contributed by atoms with Crippen LogP contribution >= 0.6 is 0 Å². The molecule has 0 unspecified atom stereocenters. The number of benzene rings is 3. The molecule has 0 bridgehead atoms. The van der Waals surface area contributed by atoms with E-state index in [1.165, 1.54) is 88.2 Å². The molecule has 0 radical (unpaired) electrons. The van der Waals surface area contributed by atoms with E-state index in [4.69, 9.17) is 0 Å². The zero-order valence-electron chi connectivity index (χ0n) is 23.7. The lowest BCUT2D eigenvalue weighted by atomic mass is 9.80. The Morgan fingerprint density at radius 3 is 1.18 bits per heavy atom. The summed E-state index contributed by atoms with van der Waals surface area (Å²) in [5.74, 6) is 0. The topological polar surface area (TPSA) is 43.7 Å². The van der Waals surface area contributed by atoms with Crippen LogP contribution in [0.25, 0.3) is 0 Å². The highest BCUT2D eigenvalue weighted by Gasteiger charge is 2.15. The molecule has 3 aromatic carbocycles. The third-order valence-corrected chi connectivity index (χ3v) is 7.48. The Labute approximate surface area is 232 Å². The van der Waals surface area contributed by atoms with Gasteiger partial charge in [0.15, 0.2) is 0 Å². The standard InChI is InChI=1S/C34H48BNO2/c1-3-5-7-9-11-13-15-29-17-23-32(24-18-29)36(34-27-21-31(22-28-34)35(37)38)33-25-19-30(20-26-33)16-14-12-10-8-6-4-2/h17-28,37-38H,3-16H2,1-2H3. The minimum Gasteiger partial charge on any atom is -0.423 e. The van der Waals surface area contributed by atoms with Crippen LogP contribution in [0.4, 0.5) is 17.1 Å². The Hall–Kier alpha value is -2.56. The van der Waals surface area contributed by atoms with Gasteiger partial charge in [-0.3, -0.25) is 0 Å². The summed E-state index contributed by atoms with van der Waals surface area (Å²) in [6.45, 7) is 4.53. The van der Waals surface area contributed by atoms with Crippen LogP contribution in [0.5, 0.6) is 0 Å². The molecular weight excluding hydrogens is 465 g/mol. The number of hydrogen-bond donors (Lipinski definition) is 2. The molecule has 0 fully saturated rings. The van der Waals surface area contributed by atoms with E-state index in [2.05, 4.69) is 67.3 Å². The quantitative estimate of drug-likeness (QED) is 0.132. The fourth-order valence-corrected chi connectivity index (χ4v) is 5.09. The molecule has 0 saturated heterocycles. The predicted molar refractivity (Wildman–Crippen MR) is 165 cm³/mol. The van der Waals surface area contributed by atoms with E-state index in [1.807, 2.05) is 12.1 Å². The van der Waals surface area contributed by atoms with Crippen molar-refractivity contribution in [3.8, 4) is 0 Å². The molecule has 0 heterocycles. The molecule has 0 aromatic heterocycles. The Balaban J connectivity index is 1.70. The first-order valence-corrected chi connectivity index (χ1v) is 15.1. The highest BCUT2D eigenvalue weighted by molar-refractivity contribution is 6.58. The maximum atomic E-state index is 9.55. The van der Waals surface area contributed by atoms with Gasteiger partial charge in [-0.2, -0.15) is 0 Å². The zero-order chi connectivity index (χ0) is 27.0. The molecule has 0 amide bonds. The number of aryl methyl sites for hydroxylation is 2. The number of anilines is 3. The summed E-state index contributed by atoms with van der Waals surface area (Å²) in [7, 11) is -1.46. The lowest BCUT2D eigenvalue weighted by molar-refractivity contribution is 0.426. The van der Waals surface area contributed by atoms with Crippen molar-refractivity contribution >= 4 is 29.6 Å². The first-order valence-electron chi connectivity index (χ1n) is 15.1. The van der Waals surface area contributed by atoms with Crippen LogP contribution in [-0.4, -0.2) is 17.2 Å².